The molecule has 1 saturated heterocycles. The van der Waals surface area contributed by atoms with Crippen LogP contribution in [0.15, 0.2) is 33.6 Å². The van der Waals surface area contributed by atoms with E-state index in [1.165, 1.54) is 6.07 Å². The number of nitrogens with one attached hydrogen (secondary N) is 1. The van der Waals surface area contributed by atoms with E-state index in [1.54, 1.807) is 18.2 Å². The molecule has 0 amide bonds. The number of aromatic amines is 1. The number of rotatable bonds is 4. The summed E-state index contributed by atoms with van der Waals surface area (Å²) in [4.78, 5) is 22.2. The lowest BCUT2D eigenvalue weighted by atomic mass is 9.97. The summed E-state index contributed by atoms with van der Waals surface area (Å²) in [5.74, 6) is 1.43. The van der Waals surface area contributed by atoms with Gasteiger partial charge in [-0.2, -0.15) is 4.98 Å². The van der Waals surface area contributed by atoms with Crippen molar-refractivity contribution in [3.05, 3.63) is 57.7 Å². The molecule has 0 spiro atoms. The van der Waals surface area contributed by atoms with Crippen LogP contribution in [0.4, 0.5) is 4.39 Å². The maximum absolute atomic E-state index is 14.1. The van der Waals surface area contributed by atoms with Crippen molar-refractivity contribution in [3.8, 4) is 0 Å². The predicted molar refractivity (Wildman–Crippen MR) is 100 cm³/mol. The molecule has 142 valence electrons. The van der Waals surface area contributed by atoms with E-state index in [-0.39, 0.29) is 22.8 Å². The lowest BCUT2D eigenvalue weighted by Crippen LogP contribution is -2.34. The van der Waals surface area contributed by atoms with Crippen LogP contribution in [0, 0.1) is 5.82 Å². The fraction of sp³-hybridized carbons (Fsp3) is 0.450. The van der Waals surface area contributed by atoms with Crippen LogP contribution in [0.3, 0.4) is 0 Å². The summed E-state index contributed by atoms with van der Waals surface area (Å²) in [7, 11) is 0. The van der Waals surface area contributed by atoms with Gasteiger partial charge in [-0.3, -0.25) is 9.69 Å². The van der Waals surface area contributed by atoms with E-state index >= 15 is 0 Å². The van der Waals surface area contributed by atoms with Gasteiger partial charge in [-0.1, -0.05) is 25.1 Å². The van der Waals surface area contributed by atoms with Crippen LogP contribution in [0.2, 0.25) is 0 Å². The van der Waals surface area contributed by atoms with Crippen LogP contribution >= 0.6 is 0 Å². The molecule has 0 radical (unpaired) electrons. The van der Waals surface area contributed by atoms with E-state index in [0.717, 1.165) is 31.8 Å². The molecule has 1 aromatic carbocycles. The van der Waals surface area contributed by atoms with Gasteiger partial charge in [0.1, 0.15) is 5.82 Å². The highest BCUT2D eigenvalue weighted by Gasteiger charge is 2.26. The minimum absolute atomic E-state index is 0.162. The van der Waals surface area contributed by atoms with Crippen LogP contribution < -0.4 is 5.43 Å². The molecule has 2 aromatic heterocycles. The number of piperidine rings is 1. The summed E-state index contributed by atoms with van der Waals surface area (Å²) in [6, 6.07) is 6.12. The molecular weight excluding hydrogens is 347 g/mol. The Morgan fingerprint density at radius 1 is 1.41 bits per heavy atom. The third-order valence-corrected chi connectivity index (χ3v) is 5.09. The van der Waals surface area contributed by atoms with Crippen molar-refractivity contribution in [2.75, 3.05) is 13.1 Å². The molecule has 1 N–H and O–H groups in total. The average molecular weight is 370 g/mol. The van der Waals surface area contributed by atoms with Gasteiger partial charge in [0.2, 0.25) is 5.89 Å². The zero-order valence-corrected chi connectivity index (χ0v) is 15.5. The summed E-state index contributed by atoms with van der Waals surface area (Å²) >= 11 is 0. The molecule has 6 nitrogen and oxygen atoms in total. The van der Waals surface area contributed by atoms with Gasteiger partial charge in [0.15, 0.2) is 11.3 Å². The second-order valence-corrected chi connectivity index (χ2v) is 7.54. The Labute approximate surface area is 156 Å². The van der Waals surface area contributed by atoms with Gasteiger partial charge >= 0.3 is 0 Å². The molecule has 1 atom stereocenters. The number of nitrogens with zero attached hydrogens (tertiary/aromatic N) is 3. The van der Waals surface area contributed by atoms with Crippen LogP contribution in [-0.2, 0) is 6.54 Å². The lowest BCUT2D eigenvalue weighted by molar-refractivity contribution is 0.178. The molecule has 1 fully saturated rings. The maximum Gasteiger partial charge on any atom is 0.231 e. The number of para-hydroxylation sites is 1. The Bertz CT molecular complexity index is 1010. The average Bonchev–Trinajstić information content (AvgIpc) is 3.14. The molecule has 0 aliphatic carbocycles. The van der Waals surface area contributed by atoms with Crippen molar-refractivity contribution >= 4 is 10.9 Å². The van der Waals surface area contributed by atoms with Crippen molar-refractivity contribution < 1.29 is 8.91 Å². The van der Waals surface area contributed by atoms with Crippen molar-refractivity contribution in [1.29, 1.82) is 0 Å². The van der Waals surface area contributed by atoms with E-state index in [4.69, 9.17) is 4.52 Å². The van der Waals surface area contributed by atoms with Gasteiger partial charge in [0.25, 0.3) is 0 Å². The quantitative estimate of drug-likeness (QED) is 0.760. The largest absolute Gasteiger partial charge is 0.355 e. The zero-order valence-electron chi connectivity index (χ0n) is 15.5. The fourth-order valence-corrected chi connectivity index (χ4v) is 3.66. The van der Waals surface area contributed by atoms with Gasteiger partial charge < -0.3 is 9.51 Å². The summed E-state index contributed by atoms with van der Waals surface area (Å²) in [5, 5.41) is 4.44. The van der Waals surface area contributed by atoms with Crippen LogP contribution in [0.25, 0.3) is 10.9 Å². The first-order chi connectivity index (χ1) is 13.0. The first-order valence-corrected chi connectivity index (χ1v) is 9.37. The highest BCUT2D eigenvalue weighted by molar-refractivity contribution is 5.78. The summed E-state index contributed by atoms with van der Waals surface area (Å²) in [6.07, 6.45) is 2.01. The zero-order chi connectivity index (χ0) is 19.0. The monoisotopic (exact) mass is 370 g/mol. The summed E-state index contributed by atoms with van der Waals surface area (Å²) in [5.41, 5.74) is 0.823. The molecule has 4 rings (SSSR count). The van der Waals surface area contributed by atoms with E-state index in [2.05, 4.69) is 20.0 Å². The third kappa shape index (κ3) is 3.64. The number of aromatic nitrogens is 3. The number of hydrogen-bond acceptors (Lipinski definition) is 5. The Morgan fingerprint density at radius 3 is 3.04 bits per heavy atom. The highest BCUT2D eigenvalue weighted by atomic mass is 19.1. The van der Waals surface area contributed by atoms with E-state index in [0.29, 0.717) is 23.5 Å². The van der Waals surface area contributed by atoms with Gasteiger partial charge in [0, 0.05) is 36.2 Å². The summed E-state index contributed by atoms with van der Waals surface area (Å²) < 4.78 is 19.5. The maximum atomic E-state index is 14.1. The lowest BCUT2D eigenvalue weighted by Gasteiger charge is -2.30. The Kier molecular flexibility index (Phi) is 4.78. The number of halogens is 1. The van der Waals surface area contributed by atoms with E-state index in [1.807, 2.05) is 13.8 Å². The minimum Gasteiger partial charge on any atom is -0.355 e. The summed E-state index contributed by atoms with van der Waals surface area (Å²) in [6.45, 7) is 6.32. The standard InChI is InChI=1S/C20H23FN4O2/c1-12(2)19-23-20(27-24-19)13-5-4-8-25(10-13)11-14-9-17(26)15-6-3-7-16(21)18(15)22-14/h3,6-7,9,12-13H,4-5,8,10-11H2,1-2H3,(H,22,26)/t13-/m0/s1. The van der Waals surface area contributed by atoms with Crippen LogP contribution in [0.1, 0.15) is 55.9 Å². The molecule has 3 heterocycles. The highest BCUT2D eigenvalue weighted by Crippen LogP contribution is 2.27. The van der Waals surface area contributed by atoms with E-state index in [9.17, 15) is 9.18 Å². The van der Waals surface area contributed by atoms with Crippen molar-refractivity contribution in [1.82, 2.24) is 20.0 Å². The minimum atomic E-state index is -0.407. The number of likely N-dealkylation sites (tertiary alicyclic amines) is 1. The topological polar surface area (TPSA) is 75.0 Å². The number of hydrogen-bond donors (Lipinski definition) is 1. The van der Waals surface area contributed by atoms with Crippen LogP contribution in [-0.4, -0.2) is 33.1 Å². The number of pyridine rings is 1. The molecule has 1 aliphatic rings. The third-order valence-electron chi connectivity index (χ3n) is 5.09. The second-order valence-electron chi connectivity index (χ2n) is 7.54. The predicted octanol–water partition coefficient (Wildman–Crippen LogP) is 3.55. The Morgan fingerprint density at radius 2 is 2.26 bits per heavy atom. The SMILES string of the molecule is CC(C)c1noc([C@H]2CCCN(Cc3cc(=O)c4cccc(F)c4[nH]3)C2)n1. The molecule has 1 aliphatic heterocycles. The second kappa shape index (κ2) is 7.23. The molecule has 7 heteroatoms. The number of H-pyrrole nitrogens is 1. The molecule has 27 heavy (non-hydrogen) atoms. The molecule has 0 saturated carbocycles. The van der Waals surface area contributed by atoms with Gasteiger partial charge in [-0.15, -0.1) is 0 Å². The number of fused-ring (bicyclic) bond motifs is 1. The number of benzene rings is 1. The smallest absolute Gasteiger partial charge is 0.231 e. The Balaban J connectivity index is 1.53. The van der Waals surface area contributed by atoms with Crippen molar-refractivity contribution in [2.45, 2.75) is 45.1 Å². The Hall–Kier alpha value is -2.54. The molecule has 3 aromatic rings. The van der Waals surface area contributed by atoms with Crippen LogP contribution in [0.5, 0.6) is 0 Å². The van der Waals surface area contributed by atoms with E-state index < -0.39 is 5.82 Å². The normalized spacial score (nSPS) is 18.4. The van der Waals surface area contributed by atoms with Crippen molar-refractivity contribution in [3.63, 3.8) is 0 Å². The van der Waals surface area contributed by atoms with Gasteiger partial charge in [-0.25, -0.2) is 4.39 Å². The van der Waals surface area contributed by atoms with Gasteiger partial charge in [0.05, 0.1) is 11.4 Å². The molecule has 0 unspecified atom stereocenters. The molecular formula is C20H23FN4O2. The molecule has 0 bridgehead atoms. The first-order valence-electron chi connectivity index (χ1n) is 9.37. The van der Waals surface area contributed by atoms with Crippen molar-refractivity contribution in [2.24, 2.45) is 0 Å². The van der Waals surface area contributed by atoms with Gasteiger partial charge in [-0.05, 0) is 31.5 Å². The first kappa shape index (κ1) is 17.9. The fourth-order valence-electron chi connectivity index (χ4n) is 3.66.